The number of aromatic nitrogens is 1. The van der Waals surface area contributed by atoms with Crippen LogP contribution in [0.1, 0.15) is 18.4 Å². The van der Waals surface area contributed by atoms with E-state index < -0.39 is 0 Å². The minimum absolute atomic E-state index is 0.0806. The van der Waals surface area contributed by atoms with Crippen LogP contribution in [0.15, 0.2) is 24.5 Å². The molecule has 3 heterocycles. The second kappa shape index (κ2) is 6.43. The normalized spacial score (nSPS) is 27.0. The van der Waals surface area contributed by atoms with Crippen molar-refractivity contribution in [3.63, 3.8) is 0 Å². The second-order valence-electron chi connectivity index (χ2n) is 7.50. The average molecular weight is 330 g/mol. The van der Waals surface area contributed by atoms with Gasteiger partial charge in [-0.25, -0.2) is 0 Å². The van der Waals surface area contributed by atoms with Crippen molar-refractivity contribution in [3.05, 3.63) is 30.1 Å². The molecule has 1 saturated carbocycles. The van der Waals surface area contributed by atoms with Crippen LogP contribution in [0.5, 0.6) is 0 Å². The summed E-state index contributed by atoms with van der Waals surface area (Å²) in [6.07, 6.45) is 6.34. The number of rotatable bonds is 5. The molecule has 1 spiro atoms. The quantitative estimate of drug-likeness (QED) is 0.852. The number of likely N-dealkylation sites (N-methyl/N-ethyl adjacent to an activating group) is 1. The third kappa shape index (κ3) is 3.31. The van der Waals surface area contributed by atoms with Gasteiger partial charge in [-0.15, -0.1) is 0 Å². The number of nitrogens with one attached hydrogen (secondary N) is 1. The van der Waals surface area contributed by atoms with Crippen molar-refractivity contribution in [2.75, 3.05) is 39.8 Å². The number of likely N-dealkylation sites (tertiary alicyclic amines) is 1. The third-order valence-corrected chi connectivity index (χ3v) is 5.37. The molecule has 3 aliphatic rings. The lowest BCUT2D eigenvalue weighted by Crippen LogP contribution is -2.72. The minimum Gasteiger partial charge on any atom is -0.369 e. The molecule has 1 aliphatic carbocycles. The smallest absolute Gasteiger partial charge is 0.239 e. The molecule has 24 heavy (non-hydrogen) atoms. The van der Waals surface area contributed by atoms with E-state index in [1.807, 2.05) is 12.3 Å². The van der Waals surface area contributed by atoms with E-state index >= 15 is 0 Å². The average Bonchev–Trinajstić information content (AvgIpc) is 3.38. The SMILES string of the molecule is CNC(=O)[C@H]1COC2(CN(Cc3cccnc3)C2)CN1CC1CC1. The highest BCUT2D eigenvalue weighted by atomic mass is 16.5. The van der Waals surface area contributed by atoms with E-state index in [1.54, 1.807) is 13.2 Å². The summed E-state index contributed by atoms with van der Waals surface area (Å²) < 4.78 is 6.18. The number of nitrogens with zero attached hydrogens (tertiary/aromatic N) is 3. The summed E-state index contributed by atoms with van der Waals surface area (Å²) in [6, 6.07) is 3.96. The molecule has 2 saturated heterocycles. The summed E-state index contributed by atoms with van der Waals surface area (Å²) in [5.41, 5.74) is 1.14. The Labute approximate surface area is 143 Å². The van der Waals surface area contributed by atoms with Crippen LogP contribution in [-0.2, 0) is 16.1 Å². The molecule has 1 aromatic heterocycles. The monoisotopic (exact) mass is 330 g/mol. The molecule has 4 rings (SSSR count). The Kier molecular flexibility index (Phi) is 4.28. The molecule has 1 atom stereocenters. The predicted molar refractivity (Wildman–Crippen MR) is 90.3 cm³/mol. The topological polar surface area (TPSA) is 57.7 Å². The Morgan fingerprint density at radius 3 is 2.92 bits per heavy atom. The van der Waals surface area contributed by atoms with E-state index in [1.165, 1.54) is 18.4 Å². The van der Waals surface area contributed by atoms with E-state index in [2.05, 4.69) is 26.2 Å². The first-order valence-corrected chi connectivity index (χ1v) is 8.88. The molecule has 0 unspecified atom stereocenters. The number of hydrogen-bond donors (Lipinski definition) is 1. The van der Waals surface area contributed by atoms with Crippen LogP contribution in [0.3, 0.4) is 0 Å². The highest BCUT2D eigenvalue weighted by Gasteiger charge is 2.50. The fraction of sp³-hybridized carbons (Fsp3) is 0.667. The van der Waals surface area contributed by atoms with Gasteiger partial charge in [0.2, 0.25) is 5.91 Å². The van der Waals surface area contributed by atoms with Crippen LogP contribution in [0.4, 0.5) is 0 Å². The van der Waals surface area contributed by atoms with Gasteiger partial charge in [0.15, 0.2) is 0 Å². The fourth-order valence-corrected chi connectivity index (χ4v) is 3.94. The Balaban J connectivity index is 1.36. The summed E-state index contributed by atoms with van der Waals surface area (Å²) in [4.78, 5) is 21.1. The van der Waals surface area contributed by atoms with Gasteiger partial charge >= 0.3 is 0 Å². The summed E-state index contributed by atoms with van der Waals surface area (Å²) in [5, 5.41) is 2.79. The first kappa shape index (κ1) is 16.0. The largest absolute Gasteiger partial charge is 0.369 e. The lowest BCUT2D eigenvalue weighted by atomic mass is 9.89. The molecule has 6 nitrogen and oxygen atoms in total. The maximum Gasteiger partial charge on any atom is 0.239 e. The number of carbonyl (C=O) groups excluding carboxylic acids is 1. The van der Waals surface area contributed by atoms with Gasteiger partial charge in [-0.05, 0) is 30.4 Å². The molecular formula is C18H26N4O2. The number of morpholine rings is 1. The fourth-order valence-electron chi connectivity index (χ4n) is 3.94. The molecule has 130 valence electrons. The van der Waals surface area contributed by atoms with Crippen molar-refractivity contribution in [1.29, 1.82) is 0 Å². The van der Waals surface area contributed by atoms with E-state index in [9.17, 15) is 4.79 Å². The van der Waals surface area contributed by atoms with Gasteiger partial charge < -0.3 is 10.1 Å². The maximum atomic E-state index is 12.2. The first-order valence-electron chi connectivity index (χ1n) is 8.88. The standard InChI is InChI=1S/C18H26N4O2/c1-19-17(23)16-10-24-18(13-22(16)9-14-4-5-14)11-21(12-18)8-15-3-2-6-20-7-15/h2-3,6-7,14,16H,4-5,8-13H2,1H3,(H,19,23)/t16-/m1/s1. The zero-order chi connectivity index (χ0) is 16.6. The number of hydrogen-bond acceptors (Lipinski definition) is 5. The van der Waals surface area contributed by atoms with Crippen molar-refractivity contribution in [2.24, 2.45) is 5.92 Å². The van der Waals surface area contributed by atoms with Crippen molar-refractivity contribution >= 4 is 5.91 Å². The lowest BCUT2D eigenvalue weighted by molar-refractivity contribution is -0.203. The number of ether oxygens (including phenoxy) is 1. The molecule has 1 amide bonds. The van der Waals surface area contributed by atoms with Crippen LogP contribution < -0.4 is 5.32 Å². The predicted octanol–water partition coefficient (Wildman–Crippen LogP) is 0.493. The van der Waals surface area contributed by atoms with E-state index in [4.69, 9.17) is 4.74 Å². The van der Waals surface area contributed by atoms with E-state index in [0.29, 0.717) is 6.61 Å². The zero-order valence-electron chi connectivity index (χ0n) is 14.3. The Morgan fingerprint density at radius 2 is 2.25 bits per heavy atom. The molecule has 0 radical (unpaired) electrons. The number of amides is 1. The molecule has 0 bridgehead atoms. The number of pyridine rings is 1. The summed E-state index contributed by atoms with van der Waals surface area (Å²) >= 11 is 0. The summed E-state index contributed by atoms with van der Waals surface area (Å²) in [6.45, 7) is 5.19. The lowest BCUT2D eigenvalue weighted by Gasteiger charge is -2.55. The zero-order valence-corrected chi connectivity index (χ0v) is 14.3. The van der Waals surface area contributed by atoms with Gasteiger partial charge in [0.05, 0.1) is 6.61 Å². The van der Waals surface area contributed by atoms with Crippen LogP contribution in [0, 0.1) is 5.92 Å². The van der Waals surface area contributed by atoms with Gasteiger partial charge in [0.1, 0.15) is 11.6 Å². The molecular weight excluding hydrogens is 304 g/mol. The van der Waals surface area contributed by atoms with Crippen LogP contribution in [0.25, 0.3) is 0 Å². The van der Waals surface area contributed by atoms with Crippen molar-refractivity contribution in [2.45, 2.75) is 31.0 Å². The van der Waals surface area contributed by atoms with Gasteiger partial charge in [-0.3, -0.25) is 19.6 Å². The minimum atomic E-state index is -0.131. The highest BCUT2D eigenvalue weighted by Crippen LogP contribution is 2.36. The molecule has 1 aromatic rings. The first-order chi connectivity index (χ1) is 11.7. The van der Waals surface area contributed by atoms with Crippen molar-refractivity contribution in [1.82, 2.24) is 20.1 Å². The van der Waals surface area contributed by atoms with Gasteiger partial charge in [0.25, 0.3) is 0 Å². The molecule has 2 aliphatic heterocycles. The second-order valence-corrected chi connectivity index (χ2v) is 7.50. The van der Waals surface area contributed by atoms with E-state index in [-0.39, 0.29) is 17.6 Å². The Morgan fingerprint density at radius 1 is 1.42 bits per heavy atom. The third-order valence-electron chi connectivity index (χ3n) is 5.37. The van der Waals surface area contributed by atoms with Gasteiger partial charge in [0, 0.05) is 52.2 Å². The van der Waals surface area contributed by atoms with Crippen molar-refractivity contribution in [3.8, 4) is 0 Å². The van der Waals surface area contributed by atoms with Crippen molar-refractivity contribution < 1.29 is 9.53 Å². The van der Waals surface area contributed by atoms with Gasteiger partial charge in [-0.2, -0.15) is 0 Å². The Bertz CT molecular complexity index is 584. The van der Waals surface area contributed by atoms with Crippen LogP contribution >= 0.6 is 0 Å². The summed E-state index contributed by atoms with van der Waals surface area (Å²) in [7, 11) is 1.71. The Hall–Kier alpha value is -1.50. The van der Waals surface area contributed by atoms with Crippen LogP contribution in [0.2, 0.25) is 0 Å². The maximum absolute atomic E-state index is 12.2. The van der Waals surface area contributed by atoms with Crippen LogP contribution in [-0.4, -0.2) is 72.2 Å². The molecule has 6 heteroatoms. The molecule has 1 N–H and O–H groups in total. The number of carbonyl (C=O) groups is 1. The molecule has 3 fully saturated rings. The molecule has 0 aromatic carbocycles. The summed E-state index contributed by atoms with van der Waals surface area (Å²) in [5.74, 6) is 0.857. The van der Waals surface area contributed by atoms with E-state index in [0.717, 1.165) is 38.6 Å². The highest BCUT2D eigenvalue weighted by molar-refractivity contribution is 5.81. The van der Waals surface area contributed by atoms with Gasteiger partial charge in [-0.1, -0.05) is 6.07 Å².